The summed E-state index contributed by atoms with van der Waals surface area (Å²) in [6.07, 6.45) is 6.36. The number of sulfonamides is 1. The summed E-state index contributed by atoms with van der Waals surface area (Å²) in [6.45, 7) is 4.57. The van der Waals surface area contributed by atoms with Gasteiger partial charge in [-0.2, -0.15) is 4.31 Å². The molecule has 0 fully saturated rings. The summed E-state index contributed by atoms with van der Waals surface area (Å²) >= 11 is 1.22. The average molecular weight is 341 g/mol. The highest BCUT2D eigenvalue weighted by Gasteiger charge is 2.21. The minimum atomic E-state index is -3.50. The van der Waals surface area contributed by atoms with Crippen LogP contribution < -0.4 is 5.32 Å². The molecule has 1 rings (SSSR count). The maximum Gasteiger partial charge on any atom is 0.244 e. The molecule has 6 nitrogen and oxygen atoms in total. The highest BCUT2D eigenvalue weighted by molar-refractivity contribution is 7.99. The van der Waals surface area contributed by atoms with Gasteiger partial charge in [0.25, 0.3) is 0 Å². The predicted octanol–water partition coefficient (Wildman–Crippen LogP) is 0.954. The number of thioether (sulfide) groups is 1. The number of hydrogen-bond donors (Lipinski definition) is 1. The number of nitrogens with zero attached hydrogens (tertiary/aromatic N) is 2. The fraction of sp³-hybridized carbons (Fsp3) is 0.429. The van der Waals surface area contributed by atoms with E-state index >= 15 is 0 Å². The van der Waals surface area contributed by atoms with Gasteiger partial charge in [-0.15, -0.1) is 6.42 Å². The van der Waals surface area contributed by atoms with Gasteiger partial charge in [-0.1, -0.05) is 31.5 Å². The summed E-state index contributed by atoms with van der Waals surface area (Å²) < 4.78 is 25.9. The molecule has 1 heterocycles. The molecule has 120 valence electrons. The minimum absolute atomic E-state index is 0.150. The average Bonchev–Trinajstić information content (AvgIpc) is 2.52. The number of pyridine rings is 1. The van der Waals surface area contributed by atoms with Gasteiger partial charge in [0.2, 0.25) is 15.9 Å². The third-order valence-corrected chi connectivity index (χ3v) is 5.77. The number of rotatable bonds is 8. The molecule has 1 aromatic heterocycles. The molecule has 1 aromatic rings. The topological polar surface area (TPSA) is 79.4 Å². The van der Waals surface area contributed by atoms with Crippen LogP contribution in [0.2, 0.25) is 0 Å². The first-order chi connectivity index (χ1) is 10.5. The number of amides is 1. The van der Waals surface area contributed by atoms with Gasteiger partial charge in [0.05, 0.1) is 17.3 Å². The van der Waals surface area contributed by atoms with E-state index in [9.17, 15) is 13.2 Å². The summed E-state index contributed by atoms with van der Waals surface area (Å²) in [7, 11) is -3.50. The third kappa shape index (κ3) is 5.02. The number of carbonyl (C=O) groups excluding carboxylic acids is 1. The number of hydrogen-bond acceptors (Lipinski definition) is 5. The highest BCUT2D eigenvalue weighted by atomic mass is 32.2. The van der Waals surface area contributed by atoms with Crippen LogP contribution in [0.15, 0.2) is 28.3 Å². The molecule has 0 saturated heterocycles. The summed E-state index contributed by atoms with van der Waals surface area (Å²) in [5, 5.41) is 3.12. The first-order valence-electron chi connectivity index (χ1n) is 6.74. The molecular weight excluding hydrogens is 322 g/mol. The monoisotopic (exact) mass is 341 g/mol. The van der Waals surface area contributed by atoms with Crippen molar-refractivity contribution in [3.8, 4) is 12.3 Å². The number of aromatic nitrogens is 1. The molecule has 1 N–H and O–H groups in total. The minimum Gasteiger partial charge on any atom is -0.344 e. The van der Waals surface area contributed by atoms with Crippen LogP contribution in [-0.4, -0.2) is 49.0 Å². The zero-order chi connectivity index (χ0) is 16.6. The Bertz CT molecular complexity index is 632. The lowest BCUT2D eigenvalue weighted by Gasteiger charge is -2.18. The molecule has 1 amide bonds. The predicted molar refractivity (Wildman–Crippen MR) is 86.9 cm³/mol. The zero-order valence-electron chi connectivity index (χ0n) is 12.6. The molecule has 0 bridgehead atoms. The van der Waals surface area contributed by atoms with Gasteiger partial charge in [-0.25, -0.2) is 13.4 Å². The normalized spacial score (nSPS) is 11.2. The lowest BCUT2D eigenvalue weighted by molar-refractivity contribution is -0.118. The molecule has 0 aliphatic carbocycles. The molecule has 0 unspecified atom stereocenters. The number of carbonyl (C=O) groups is 1. The summed E-state index contributed by atoms with van der Waals surface area (Å²) in [6, 6.07) is 3.10. The molecule has 0 radical (unpaired) electrons. The van der Waals surface area contributed by atoms with Crippen LogP contribution in [0.4, 0.5) is 0 Å². The van der Waals surface area contributed by atoms with E-state index in [-0.39, 0.29) is 23.1 Å². The van der Waals surface area contributed by atoms with Crippen LogP contribution in [0, 0.1) is 12.3 Å². The maximum atomic E-state index is 12.3. The van der Waals surface area contributed by atoms with Crippen LogP contribution in [0.25, 0.3) is 0 Å². The second-order valence-electron chi connectivity index (χ2n) is 4.19. The lowest BCUT2D eigenvalue weighted by Crippen LogP contribution is -2.30. The Morgan fingerprint density at radius 3 is 2.59 bits per heavy atom. The largest absolute Gasteiger partial charge is 0.344 e. The zero-order valence-corrected chi connectivity index (χ0v) is 14.2. The quantitative estimate of drug-likeness (QED) is 0.563. The van der Waals surface area contributed by atoms with Crippen molar-refractivity contribution in [2.75, 3.05) is 25.4 Å². The van der Waals surface area contributed by atoms with Crippen molar-refractivity contribution in [1.29, 1.82) is 0 Å². The van der Waals surface area contributed by atoms with Gasteiger partial charge in [0, 0.05) is 19.3 Å². The van der Waals surface area contributed by atoms with E-state index in [1.807, 2.05) is 0 Å². The number of nitrogens with one attached hydrogen (secondary N) is 1. The Labute approximate surface area is 135 Å². The molecule has 0 aliphatic rings. The Kier molecular flexibility index (Phi) is 7.38. The van der Waals surface area contributed by atoms with Crippen LogP contribution >= 0.6 is 11.8 Å². The van der Waals surface area contributed by atoms with Crippen LogP contribution in [-0.2, 0) is 14.8 Å². The Morgan fingerprint density at radius 1 is 1.41 bits per heavy atom. The first kappa shape index (κ1) is 18.5. The number of terminal acetylenes is 1. The fourth-order valence-electron chi connectivity index (χ4n) is 1.66. The fourth-order valence-corrected chi connectivity index (χ4v) is 3.73. The summed E-state index contributed by atoms with van der Waals surface area (Å²) in [5.41, 5.74) is 0. The van der Waals surface area contributed by atoms with Crippen molar-refractivity contribution in [1.82, 2.24) is 14.6 Å². The lowest BCUT2D eigenvalue weighted by atomic mass is 10.5. The van der Waals surface area contributed by atoms with Crippen molar-refractivity contribution in [3.05, 3.63) is 18.3 Å². The van der Waals surface area contributed by atoms with Gasteiger partial charge >= 0.3 is 0 Å². The van der Waals surface area contributed by atoms with Crippen LogP contribution in [0.1, 0.15) is 13.8 Å². The Balaban J connectivity index is 2.71. The summed E-state index contributed by atoms with van der Waals surface area (Å²) in [5.74, 6) is 2.30. The van der Waals surface area contributed by atoms with Gasteiger partial charge in [-0.3, -0.25) is 4.79 Å². The SMILES string of the molecule is C#CCNC(=O)CSc1ccc(S(=O)(=O)N(CC)CC)cn1. The second-order valence-corrected chi connectivity index (χ2v) is 7.12. The van der Waals surface area contributed by atoms with E-state index < -0.39 is 10.0 Å². The Hall–Kier alpha value is -1.56. The Morgan fingerprint density at radius 2 is 2.09 bits per heavy atom. The van der Waals surface area contributed by atoms with Gasteiger partial charge in [0.15, 0.2) is 0 Å². The first-order valence-corrected chi connectivity index (χ1v) is 9.17. The van der Waals surface area contributed by atoms with Crippen LogP contribution in [0.5, 0.6) is 0 Å². The highest BCUT2D eigenvalue weighted by Crippen LogP contribution is 2.19. The van der Waals surface area contributed by atoms with E-state index in [1.165, 1.54) is 28.3 Å². The molecule has 0 atom stereocenters. The molecule has 0 spiro atoms. The van der Waals surface area contributed by atoms with E-state index in [2.05, 4.69) is 16.2 Å². The molecule has 0 aromatic carbocycles. The van der Waals surface area contributed by atoms with E-state index in [0.717, 1.165) is 0 Å². The van der Waals surface area contributed by atoms with Crippen LogP contribution in [0.3, 0.4) is 0 Å². The molecule has 22 heavy (non-hydrogen) atoms. The van der Waals surface area contributed by atoms with E-state index in [4.69, 9.17) is 6.42 Å². The van der Waals surface area contributed by atoms with Crippen molar-refractivity contribution >= 4 is 27.7 Å². The van der Waals surface area contributed by atoms with Gasteiger partial charge in [0.1, 0.15) is 4.90 Å². The summed E-state index contributed by atoms with van der Waals surface area (Å²) in [4.78, 5) is 15.6. The van der Waals surface area contributed by atoms with Gasteiger partial charge in [-0.05, 0) is 12.1 Å². The smallest absolute Gasteiger partial charge is 0.244 e. The van der Waals surface area contributed by atoms with Crippen molar-refractivity contribution < 1.29 is 13.2 Å². The molecule has 0 aliphatic heterocycles. The van der Waals surface area contributed by atoms with Crippen molar-refractivity contribution in [2.45, 2.75) is 23.8 Å². The van der Waals surface area contributed by atoms with E-state index in [1.54, 1.807) is 19.9 Å². The standard InChI is InChI=1S/C14H19N3O3S2/c1-4-9-15-13(18)11-21-14-8-7-12(10-16-14)22(19,20)17(5-2)6-3/h1,7-8,10H,5-6,9,11H2,2-3H3,(H,15,18). The van der Waals surface area contributed by atoms with Gasteiger partial charge < -0.3 is 5.32 Å². The second kappa shape index (κ2) is 8.78. The molecular formula is C14H19N3O3S2. The van der Waals surface area contributed by atoms with Crippen molar-refractivity contribution in [3.63, 3.8) is 0 Å². The maximum absolute atomic E-state index is 12.3. The van der Waals surface area contributed by atoms with Crippen molar-refractivity contribution in [2.24, 2.45) is 0 Å². The molecule has 8 heteroatoms. The third-order valence-electron chi connectivity index (χ3n) is 2.79. The molecule has 0 saturated carbocycles. The van der Waals surface area contributed by atoms with E-state index in [0.29, 0.717) is 18.1 Å².